The Morgan fingerprint density at radius 1 is 1.00 bits per heavy atom. The summed E-state index contributed by atoms with van der Waals surface area (Å²) in [7, 11) is 0. The highest BCUT2D eigenvalue weighted by atomic mass is 16.3. The summed E-state index contributed by atoms with van der Waals surface area (Å²) in [6.45, 7) is -0.0116. The molecule has 0 saturated heterocycles. The summed E-state index contributed by atoms with van der Waals surface area (Å²) < 4.78 is 0. The number of hydrogen-bond donors (Lipinski definition) is 2. The molecule has 18 heavy (non-hydrogen) atoms. The standard InChI is InChI=1S/C15H14N2O/c18-10-14-15-12(7-4-8-13(15)16-17-14)9-11-5-2-1-3-6-11/h1-8,18H,9-10H2,(H,16,17). The molecule has 3 heteroatoms. The summed E-state index contributed by atoms with van der Waals surface area (Å²) in [6.07, 6.45) is 0.852. The number of benzene rings is 2. The van der Waals surface area contributed by atoms with Gasteiger partial charge in [-0.1, -0.05) is 42.5 Å². The van der Waals surface area contributed by atoms with Crippen molar-refractivity contribution in [1.29, 1.82) is 0 Å². The summed E-state index contributed by atoms with van der Waals surface area (Å²) in [5.74, 6) is 0. The number of fused-ring (bicyclic) bond motifs is 1. The van der Waals surface area contributed by atoms with E-state index in [1.807, 2.05) is 30.3 Å². The molecule has 0 aliphatic carbocycles. The molecule has 0 radical (unpaired) electrons. The van der Waals surface area contributed by atoms with Crippen LogP contribution in [0.2, 0.25) is 0 Å². The van der Waals surface area contributed by atoms with E-state index in [9.17, 15) is 5.11 Å². The summed E-state index contributed by atoms with van der Waals surface area (Å²) in [5, 5.41) is 17.5. The number of rotatable bonds is 3. The van der Waals surface area contributed by atoms with E-state index >= 15 is 0 Å². The third-order valence-electron chi connectivity index (χ3n) is 3.14. The predicted molar refractivity (Wildman–Crippen MR) is 71.3 cm³/mol. The quantitative estimate of drug-likeness (QED) is 0.737. The summed E-state index contributed by atoms with van der Waals surface area (Å²) >= 11 is 0. The molecule has 1 aromatic heterocycles. The zero-order chi connectivity index (χ0) is 12.4. The normalized spacial score (nSPS) is 10.9. The van der Waals surface area contributed by atoms with Gasteiger partial charge in [0.25, 0.3) is 0 Å². The molecule has 0 aliphatic heterocycles. The van der Waals surface area contributed by atoms with Crippen LogP contribution in [0.3, 0.4) is 0 Å². The summed E-state index contributed by atoms with van der Waals surface area (Å²) in [4.78, 5) is 0. The number of H-pyrrole nitrogens is 1. The first-order chi connectivity index (χ1) is 8.88. The van der Waals surface area contributed by atoms with Crippen LogP contribution in [0.15, 0.2) is 48.5 Å². The first-order valence-electron chi connectivity index (χ1n) is 5.98. The molecule has 1 heterocycles. The van der Waals surface area contributed by atoms with Crippen molar-refractivity contribution in [3.8, 4) is 0 Å². The second kappa shape index (κ2) is 4.63. The molecule has 0 bridgehead atoms. The van der Waals surface area contributed by atoms with E-state index in [0.717, 1.165) is 23.0 Å². The molecule has 0 aliphatic rings. The van der Waals surface area contributed by atoms with Gasteiger partial charge in [-0.15, -0.1) is 0 Å². The van der Waals surface area contributed by atoms with Crippen LogP contribution in [0, 0.1) is 0 Å². The predicted octanol–water partition coefficient (Wildman–Crippen LogP) is 2.65. The number of aliphatic hydroxyl groups is 1. The van der Waals surface area contributed by atoms with Crippen molar-refractivity contribution in [2.24, 2.45) is 0 Å². The smallest absolute Gasteiger partial charge is 0.0927 e. The van der Waals surface area contributed by atoms with E-state index in [1.165, 1.54) is 11.1 Å². The highest BCUT2D eigenvalue weighted by Gasteiger charge is 2.09. The van der Waals surface area contributed by atoms with Gasteiger partial charge in [0.1, 0.15) is 0 Å². The maximum Gasteiger partial charge on any atom is 0.0927 e. The number of aliphatic hydroxyl groups excluding tert-OH is 1. The third kappa shape index (κ3) is 1.89. The molecule has 2 N–H and O–H groups in total. The molecule has 0 spiro atoms. The first-order valence-corrected chi connectivity index (χ1v) is 5.98. The molecular weight excluding hydrogens is 224 g/mol. The van der Waals surface area contributed by atoms with Crippen molar-refractivity contribution in [3.63, 3.8) is 0 Å². The average Bonchev–Trinajstić information content (AvgIpc) is 2.84. The Morgan fingerprint density at radius 2 is 1.83 bits per heavy atom. The Hall–Kier alpha value is -2.13. The number of nitrogens with one attached hydrogen (secondary N) is 1. The largest absolute Gasteiger partial charge is 0.390 e. The van der Waals surface area contributed by atoms with Crippen LogP contribution in [0.1, 0.15) is 16.8 Å². The van der Waals surface area contributed by atoms with Crippen molar-refractivity contribution in [3.05, 3.63) is 65.4 Å². The van der Waals surface area contributed by atoms with Gasteiger partial charge in [-0.05, 0) is 23.6 Å². The Morgan fingerprint density at radius 3 is 2.61 bits per heavy atom. The monoisotopic (exact) mass is 238 g/mol. The minimum atomic E-state index is -0.0116. The highest BCUT2D eigenvalue weighted by molar-refractivity contribution is 5.85. The Bertz CT molecular complexity index is 659. The minimum absolute atomic E-state index is 0.0116. The van der Waals surface area contributed by atoms with Gasteiger partial charge in [-0.3, -0.25) is 5.10 Å². The molecule has 0 unspecified atom stereocenters. The average molecular weight is 238 g/mol. The Labute approximate surface area is 105 Å². The van der Waals surface area contributed by atoms with Crippen molar-refractivity contribution < 1.29 is 5.11 Å². The fourth-order valence-corrected chi connectivity index (χ4v) is 2.29. The number of hydrogen-bond acceptors (Lipinski definition) is 2. The second-order valence-electron chi connectivity index (χ2n) is 4.33. The van der Waals surface area contributed by atoms with Crippen molar-refractivity contribution in [2.75, 3.05) is 0 Å². The van der Waals surface area contributed by atoms with Crippen LogP contribution in [0.4, 0.5) is 0 Å². The lowest BCUT2D eigenvalue weighted by atomic mass is 10.0. The molecule has 3 aromatic rings. The molecule has 2 aromatic carbocycles. The molecule has 0 amide bonds. The fraction of sp³-hybridized carbons (Fsp3) is 0.133. The second-order valence-corrected chi connectivity index (χ2v) is 4.33. The number of aromatic nitrogens is 2. The molecule has 0 saturated carbocycles. The molecule has 0 fully saturated rings. The van der Waals surface area contributed by atoms with E-state index in [1.54, 1.807) is 0 Å². The van der Waals surface area contributed by atoms with E-state index in [-0.39, 0.29) is 6.61 Å². The lowest BCUT2D eigenvalue weighted by Crippen LogP contribution is -1.91. The lowest BCUT2D eigenvalue weighted by molar-refractivity contribution is 0.278. The lowest BCUT2D eigenvalue weighted by Gasteiger charge is -2.04. The van der Waals surface area contributed by atoms with Crippen molar-refractivity contribution in [2.45, 2.75) is 13.0 Å². The van der Waals surface area contributed by atoms with Gasteiger partial charge in [-0.2, -0.15) is 5.10 Å². The number of nitrogens with zero attached hydrogens (tertiary/aromatic N) is 1. The molecular formula is C15H14N2O. The Balaban J connectivity index is 2.09. The maximum atomic E-state index is 9.34. The van der Waals surface area contributed by atoms with Crippen LogP contribution in [-0.4, -0.2) is 15.3 Å². The van der Waals surface area contributed by atoms with Crippen molar-refractivity contribution in [1.82, 2.24) is 10.2 Å². The topological polar surface area (TPSA) is 48.9 Å². The molecule has 3 nitrogen and oxygen atoms in total. The molecule has 90 valence electrons. The van der Waals surface area contributed by atoms with E-state index < -0.39 is 0 Å². The third-order valence-corrected chi connectivity index (χ3v) is 3.14. The van der Waals surface area contributed by atoms with E-state index in [0.29, 0.717) is 0 Å². The zero-order valence-corrected chi connectivity index (χ0v) is 9.93. The van der Waals surface area contributed by atoms with Crippen LogP contribution in [-0.2, 0) is 13.0 Å². The maximum absolute atomic E-state index is 9.34. The van der Waals surface area contributed by atoms with Gasteiger partial charge in [0.2, 0.25) is 0 Å². The van der Waals surface area contributed by atoms with Gasteiger partial charge in [-0.25, -0.2) is 0 Å². The fourth-order valence-electron chi connectivity index (χ4n) is 2.29. The van der Waals surface area contributed by atoms with E-state index in [2.05, 4.69) is 28.4 Å². The van der Waals surface area contributed by atoms with Gasteiger partial charge < -0.3 is 5.11 Å². The van der Waals surface area contributed by atoms with Crippen molar-refractivity contribution >= 4 is 10.9 Å². The SMILES string of the molecule is OCc1[nH]nc2cccc(Cc3ccccc3)c12. The van der Waals surface area contributed by atoms with Crippen LogP contribution in [0.5, 0.6) is 0 Å². The summed E-state index contributed by atoms with van der Waals surface area (Å²) in [6, 6.07) is 16.4. The van der Waals surface area contributed by atoms with E-state index in [4.69, 9.17) is 0 Å². The zero-order valence-electron chi connectivity index (χ0n) is 9.93. The molecule has 3 rings (SSSR count). The summed E-state index contributed by atoms with van der Waals surface area (Å²) in [5.41, 5.74) is 4.15. The van der Waals surface area contributed by atoms with Gasteiger partial charge in [0.15, 0.2) is 0 Å². The van der Waals surface area contributed by atoms with Gasteiger partial charge >= 0.3 is 0 Å². The van der Waals surface area contributed by atoms with Gasteiger partial charge in [0, 0.05) is 5.39 Å². The van der Waals surface area contributed by atoms with Crippen LogP contribution < -0.4 is 0 Å². The van der Waals surface area contributed by atoms with Crippen LogP contribution in [0.25, 0.3) is 10.9 Å². The van der Waals surface area contributed by atoms with Crippen LogP contribution >= 0.6 is 0 Å². The van der Waals surface area contributed by atoms with Gasteiger partial charge in [0.05, 0.1) is 17.8 Å². The highest BCUT2D eigenvalue weighted by Crippen LogP contribution is 2.23. The molecule has 0 atom stereocenters. The minimum Gasteiger partial charge on any atom is -0.390 e. The number of aromatic amines is 1. The first kappa shape index (κ1) is 11.0. The Kier molecular flexibility index (Phi) is 2.82.